The number of pyridine rings is 1. The first-order chi connectivity index (χ1) is 7.72. The zero-order valence-corrected chi connectivity index (χ0v) is 10.8. The van der Waals surface area contributed by atoms with Crippen LogP contribution in [-0.2, 0) is 0 Å². The number of fused-ring (bicyclic) bond motifs is 1. The minimum absolute atomic E-state index is 0.558. The average molecular weight is 238 g/mol. The van der Waals surface area contributed by atoms with Gasteiger partial charge in [-0.3, -0.25) is 0 Å². The fourth-order valence-corrected chi connectivity index (χ4v) is 1.60. The number of rotatable bonds is 1. The van der Waals surface area contributed by atoms with Crippen molar-refractivity contribution in [1.29, 1.82) is 0 Å². The third-order valence-corrected chi connectivity index (χ3v) is 2.67. The first-order valence-electron chi connectivity index (χ1n) is 5.31. The number of benzene rings is 1. The van der Waals surface area contributed by atoms with Gasteiger partial charge in [0.1, 0.15) is 10.9 Å². The summed E-state index contributed by atoms with van der Waals surface area (Å²) in [6, 6.07) is 5.87. The maximum Gasteiger partial charge on any atom is 0.132 e. The molecule has 0 unspecified atom stereocenters. The SMILES string of the molecule is CC.COc1ccc2c(C)c(Cl)ncc2c1. The van der Waals surface area contributed by atoms with E-state index in [4.69, 9.17) is 16.3 Å². The van der Waals surface area contributed by atoms with Crippen molar-refractivity contribution in [2.45, 2.75) is 20.8 Å². The van der Waals surface area contributed by atoms with Crippen LogP contribution < -0.4 is 4.74 Å². The number of nitrogens with zero attached hydrogens (tertiary/aromatic N) is 1. The zero-order valence-electron chi connectivity index (χ0n) is 10.0. The van der Waals surface area contributed by atoms with E-state index in [1.165, 1.54) is 0 Å². The number of aryl methyl sites for hydroxylation is 1. The molecule has 0 atom stereocenters. The summed E-state index contributed by atoms with van der Waals surface area (Å²) in [5.74, 6) is 0.834. The highest BCUT2D eigenvalue weighted by Crippen LogP contribution is 2.26. The van der Waals surface area contributed by atoms with Crippen LogP contribution in [0.15, 0.2) is 24.4 Å². The van der Waals surface area contributed by atoms with E-state index < -0.39 is 0 Å². The maximum atomic E-state index is 5.92. The fourth-order valence-electron chi connectivity index (χ4n) is 1.45. The molecule has 1 aromatic carbocycles. The Hall–Kier alpha value is -1.28. The van der Waals surface area contributed by atoms with Crippen molar-refractivity contribution in [3.8, 4) is 5.75 Å². The van der Waals surface area contributed by atoms with Gasteiger partial charge in [-0.15, -0.1) is 0 Å². The number of halogens is 1. The summed E-state index contributed by atoms with van der Waals surface area (Å²) in [7, 11) is 1.65. The molecule has 0 aliphatic rings. The van der Waals surface area contributed by atoms with Gasteiger partial charge in [-0.05, 0) is 30.0 Å². The van der Waals surface area contributed by atoms with E-state index in [9.17, 15) is 0 Å². The number of hydrogen-bond donors (Lipinski definition) is 0. The van der Waals surface area contributed by atoms with Gasteiger partial charge < -0.3 is 4.74 Å². The molecule has 0 N–H and O–H groups in total. The van der Waals surface area contributed by atoms with Crippen LogP contribution in [0.25, 0.3) is 10.8 Å². The van der Waals surface area contributed by atoms with Gasteiger partial charge in [0, 0.05) is 11.6 Å². The topological polar surface area (TPSA) is 22.1 Å². The second kappa shape index (κ2) is 5.71. The van der Waals surface area contributed by atoms with Crippen molar-refractivity contribution in [3.63, 3.8) is 0 Å². The molecule has 0 amide bonds. The Morgan fingerprint density at radius 2 is 1.94 bits per heavy atom. The summed E-state index contributed by atoms with van der Waals surface area (Å²) in [5.41, 5.74) is 1.01. The molecule has 0 saturated heterocycles. The normalized spacial score (nSPS) is 9.56. The van der Waals surface area contributed by atoms with E-state index in [0.29, 0.717) is 5.15 Å². The number of methoxy groups -OCH3 is 1. The molecular weight excluding hydrogens is 222 g/mol. The standard InChI is InChI=1S/C11H10ClNO.C2H6/c1-7-10-4-3-9(14-2)5-8(10)6-13-11(7)12;1-2/h3-6H,1-2H3;1-2H3. The van der Waals surface area contributed by atoms with Gasteiger partial charge >= 0.3 is 0 Å². The van der Waals surface area contributed by atoms with Gasteiger partial charge in [0.05, 0.1) is 7.11 Å². The Morgan fingerprint density at radius 1 is 1.25 bits per heavy atom. The molecule has 16 heavy (non-hydrogen) atoms. The molecule has 0 aliphatic carbocycles. The molecule has 86 valence electrons. The van der Waals surface area contributed by atoms with Gasteiger partial charge in [0.2, 0.25) is 0 Å². The predicted molar refractivity (Wildman–Crippen MR) is 69.4 cm³/mol. The molecule has 2 rings (SSSR count). The van der Waals surface area contributed by atoms with Crippen molar-refractivity contribution in [3.05, 3.63) is 35.1 Å². The fraction of sp³-hybridized carbons (Fsp3) is 0.308. The van der Waals surface area contributed by atoms with E-state index in [-0.39, 0.29) is 0 Å². The van der Waals surface area contributed by atoms with Crippen LogP contribution in [-0.4, -0.2) is 12.1 Å². The highest BCUT2D eigenvalue weighted by Gasteiger charge is 2.03. The van der Waals surface area contributed by atoms with Gasteiger partial charge in [-0.2, -0.15) is 0 Å². The second-order valence-electron chi connectivity index (χ2n) is 3.13. The van der Waals surface area contributed by atoms with Crippen LogP contribution in [0.2, 0.25) is 5.15 Å². The lowest BCUT2D eigenvalue weighted by molar-refractivity contribution is 0.415. The Labute approximate surface area is 101 Å². The van der Waals surface area contributed by atoms with Crippen LogP contribution in [0, 0.1) is 6.92 Å². The lowest BCUT2D eigenvalue weighted by atomic mass is 10.1. The van der Waals surface area contributed by atoms with E-state index in [2.05, 4.69) is 4.98 Å². The first-order valence-corrected chi connectivity index (χ1v) is 5.69. The summed E-state index contributed by atoms with van der Waals surface area (Å²) < 4.78 is 5.13. The van der Waals surface area contributed by atoms with Crippen LogP contribution in [0.4, 0.5) is 0 Å². The summed E-state index contributed by atoms with van der Waals surface area (Å²) >= 11 is 5.92. The van der Waals surface area contributed by atoms with Gasteiger partial charge in [0.15, 0.2) is 0 Å². The number of aromatic nitrogens is 1. The third-order valence-electron chi connectivity index (χ3n) is 2.29. The smallest absolute Gasteiger partial charge is 0.132 e. The molecule has 2 nitrogen and oxygen atoms in total. The first kappa shape index (κ1) is 12.8. The van der Waals surface area contributed by atoms with Crippen LogP contribution in [0.3, 0.4) is 0 Å². The quantitative estimate of drug-likeness (QED) is 0.693. The van der Waals surface area contributed by atoms with E-state index in [0.717, 1.165) is 22.1 Å². The van der Waals surface area contributed by atoms with Crippen molar-refractivity contribution in [1.82, 2.24) is 4.98 Å². The average Bonchev–Trinajstić information content (AvgIpc) is 2.36. The van der Waals surface area contributed by atoms with Gasteiger partial charge in [-0.25, -0.2) is 4.98 Å². The lowest BCUT2D eigenvalue weighted by Gasteiger charge is -2.05. The van der Waals surface area contributed by atoms with Crippen molar-refractivity contribution in [2.75, 3.05) is 7.11 Å². The van der Waals surface area contributed by atoms with Crippen LogP contribution >= 0.6 is 11.6 Å². The molecule has 1 aromatic heterocycles. The number of ether oxygens (including phenoxy) is 1. The highest BCUT2D eigenvalue weighted by atomic mass is 35.5. The highest BCUT2D eigenvalue weighted by molar-refractivity contribution is 6.31. The monoisotopic (exact) mass is 237 g/mol. The minimum atomic E-state index is 0.558. The predicted octanol–water partition coefficient (Wildman–Crippen LogP) is 4.23. The maximum absolute atomic E-state index is 5.92. The molecule has 0 fully saturated rings. The molecule has 1 heterocycles. The Bertz CT molecular complexity index is 483. The van der Waals surface area contributed by atoms with Crippen molar-refractivity contribution in [2.24, 2.45) is 0 Å². The van der Waals surface area contributed by atoms with E-state index in [1.807, 2.05) is 39.0 Å². The molecular formula is C13H16ClNO. The molecule has 0 saturated carbocycles. The number of hydrogen-bond acceptors (Lipinski definition) is 2. The van der Waals surface area contributed by atoms with Crippen LogP contribution in [0.5, 0.6) is 5.75 Å². The molecule has 2 aromatic rings. The minimum Gasteiger partial charge on any atom is -0.497 e. The Kier molecular flexibility index (Phi) is 4.56. The largest absolute Gasteiger partial charge is 0.497 e. The second-order valence-corrected chi connectivity index (χ2v) is 3.49. The molecule has 3 heteroatoms. The third kappa shape index (κ3) is 2.45. The Morgan fingerprint density at radius 3 is 2.56 bits per heavy atom. The summed E-state index contributed by atoms with van der Waals surface area (Å²) in [5, 5.41) is 2.72. The zero-order chi connectivity index (χ0) is 12.1. The van der Waals surface area contributed by atoms with Crippen molar-refractivity contribution < 1.29 is 4.74 Å². The molecule has 0 aliphatic heterocycles. The molecule has 0 bridgehead atoms. The Balaban J connectivity index is 0.000000606. The van der Waals surface area contributed by atoms with E-state index >= 15 is 0 Å². The molecule has 0 radical (unpaired) electrons. The summed E-state index contributed by atoms with van der Waals surface area (Å²) in [6.45, 7) is 5.96. The van der Waals surface area contributed by atoms with Gasteiger partial charge in [0.25, 0.3) is 0 Å². The lowest BCUT2D eigenvalue weighted by Crippen LogP contribution is -1.86. The van der Waals surface area contributed by atoms with Gasteiger partial charge in [-0.1, -0.05) is 31.5 Å². The summed E-state index contributed by atoms with van der Waals surface area (Å²) in [4.78, 5) is 4.09. The van der Waals surface area contributed by atoms with Crippen molar-refractivity contribution >= 4 is 22.4 Å². The molecule has 0 spiro atoms. The van der Waals surface area contributed by atoms with E-state index in [1.54, 1.807) is 13.3 Å². The van der Waals surface area contributed by atoms with Crippen LogP contribution in [0.1, 0.15) is 19.4 Å². The summed E-state index contributed by atoms with van der Waals surface area (Å²) in [6.07, 6.45) is 1.76.